The molecule has 2 N–H and O–H groups in total. The van der Waals surface area contributed by atoms with Gasteiger partial charge in [0.2, 0.25) is 0 Å². The van der Waals surface area contributed by atoms with Crippen molar-refractivity contribution >= 4 is 22.5 Å². The smallest absolute Gasteiger partial charge is 0.319 e. The fourth-order valence-corrected chi connectivity index (χ4v) is 2.68. The Bertz CT molecular complexity index is 717. The van der Waals surface area contributed by atoms with Gasteiger partial charge >= 0.3 is 6.03 Å². The third-order valence-electron chi connectivity index (χ3n) is 3.43. The number of hydrogen-bond acceptors (Lipinski definition) is 2. The number of rotatable bonds is 5. The number of anilines is 1. The van der Waals surface area contributed by atoms with Crippen LogP contribution in [0.25, 0.3) is 0 Å². The molecule has 2 aromatic carbocycles. The molecule has 122 valence electrons. The third kappa shape index (κ3) is 5.17. The molecule has 2 aromatic rings. The van der Waals surface area contributed by atoms with Gasteiger partial charge in [0.15, 0.2) is 0 Å². The minimum absolute atomic E-state index is 0.256. The van der Waals surface area contributed by atoms with Crippen LogP contribution in [0.5, 0.6) is 0 Å². The van der Waals surface area contributed by atoms with Crippen LogP contribution in [0, 0.1) is 12.7 Å². The van der Waals surface area contributed by atoms with Crippen LogP contribution >= 0.6 is 0 Å². The maximum Gasteiger partial charge on any atom is 0.319 e. The quantitative estimate of drug-likeness (QED) is 0.882. The van der Waals surface area contributed by atoms with E-state index >= 15 is 0 Å². The minimum Gasteiger partial charge on any atom is -0.338 e. The van der Waals surface area contributed by atoms with Gasteiger partial charge in [-0.15, -0.1) is 0 Å². The zero-order valence-corrected chi connectivity index (χ0v) is 13.9. The van der Waals surface area contributed by atoms with Gasteiger partial charge in [-0.05, 0) is 60.9 Å². The molecule has 0 aliphatic heterocycles. The Morgan fingerprint density at radius 1 is 1.17 bits per heavy atom. The number of hydrogen-bond donors (Lipinski definition) is 2. The van der Waals surface area contributed by atoms with Gasteiger partial charge in [-0.1, -0.05) is 6.07 Å². The zero-order valence-electron chi connectivity index (χ0n) is 13.1. The molecule has 0 bridgehead atoms. The molecule has 0 saturated carbocycles. The molecule has 0 aliphatic rings. The predicted molar refractivity (Wildman–Crippen MR) is 90.6 cm³/mol. The molecule has 0 aromatic heterocycles. The molecule has 1 atom stereocenters. The molecular formula is C17H19FN2O2S. The summed E-state index contributed by atoms with van der Waals surface area (Å²) in [7, 11) is -1.03. The average Bonchev–Trinajstić information content (AvgIpc) is 2.50. The molecule has 6 heteroatoms. The van der Waals surface area contributed by atoms with Crippen LogP contribution in [0.1, 0.15) is 11.1 Å². The van der Waals surface area contributed by atoms with E-state index in [-0.39, 0.29) is 11.8 Å². The van der Waals surface area contributed by atoms with Crippen molar-refractivity contribution in [1.29, 1.82) is 0 Å². The lowest BCUT2D eigenvalue weighted by molar-refractivity contribution is 0.252. The molecule has 0 spiro atoms. The van der Waals surface area contributed by atoms with E-state index in [0.29, 0.717) is 23.5 Å². The summed E-state index contributed by atoms with van der Waals surface area (Å²) in [5.74, 6) is -0.256. The van der Waals surface area contributed by atoms with Gasteiger partial charge < -0.3 is 10.6 Å². The second-order valence-electron chi connectivity index (χ2n) is 5.18. The van der Waals surface area contributed by atoms with Crippen molar-refractivity contribution in [3.63, 3.8) is 0 Å². The van der Waals surface area contributed by atoms with Crippen molar-refractivity contribution in [3.8, 4) is 0 Å². The first-order valence-electron chi connectivity index (χ1n) is 7.19. The maximum absolute atomic E-state index is 13.0. The van der Waals surface area contributed by atoms with Crippen molar-refractivity contribution in [1.82, 2.24) is 5.32 Å². The van der Waals surface area contributed by atoms with Crippen LogP contribution in [0.2, 0.25) is 0 Å². The molecular weight excluding hydrogens is 315 g/mol. The molecule has 4 nitrogen and oxygen atoms in total. The van der Waals surface area contributed by atoms with Crippen molar-refractivity contribution in [2.24, 2.45) is 0 Å². The van der Waals surface area contributed by atoms with E-state index in [4.69, 9.17) is 0 Å². The standard InChI is InChI=1S/C17H19FN2O2S/c1-12-11-14(18)4-3-13(12)9-10-19-17(21)20-15-5-7-16(8-6-15)23(2)22/h3-8,11H,9-10H2,1-2H3,(H2,19,20,21)/t23-/m0/s1. The predicted octanol–water partition coefficient (Wildman–Crippen LogP) is 3.24. The molecule has 2 amide bonds. The molecule has 0 aliphatic carbocycles. The van der Waals surface area contributed by atoms with Crippen LogP contribution in [-0.4, -0.2) is 23.0 Å². The van der Waals surface area contributed by atoms with E-state index in [9.17, 15) is 13.4 Å². The lowest BCUT2D eigenvalue weighted by Crippen LogP contribution is -2.30. The maximum atomic E-state index is 13.0. The Balaban J connectivity index is 1.82. The number of carbonyl (C=O) groups excluding carboxylic acids is 1. The van der Waals surface area contributed by atoms with Crippen LogP contribution in [0.4, 0.5) is 14.9 Å². The van der Waals surface area contributed by atoms with Gasteiger partial charge in [0.05, 0.1) is 0 Å². The van der Waals surface area contributed by atoms with E-state index in [1.165, 1.54) is 12.1 Å². The number of urea groups is 1. The number of halogens is 1. The summed E-state index contributed by atoms with van der Waals surface area (Å²) in [6, 6.07) is 11.2. The molecule has 0 saturated heterocycles. The van der Waals surface area contributed by atoms with Gasteiger partial charge in [-0.25, -0.2) is 9.18 Å². The van der Waals surface area contributed by atoms with E-state index in [2.05, 4.69) is 10.6 Å². The van der Waals surface area contributed by atoms with Crippen LogP contribution in [0.3, 0.4) is 0 Å². The summed E-state index contributed by atoms with van der Waals surface area (Å²) >= 11 is 0. The summed E-state index contributed by atoms with van der Waals surface area (Å²) in [4.78, 5) is 12.5. The van der Waals surface area contributed by atoms with Crippen molar-refractivity contribution in [2.75, 3.05) is 18.1 Å². The van der Waals surface area contributed by atoms with E-state index < -0.39 is 10.8 Å². The van der Waals surface area contributed by atoms with Gasteiger partial charge in [-0.3, -0.25) is 4.21 Å². The molecule has 0 heterocycles. The van der Waals surface area contributed by atoms with Crippen LogP contribution in [0.15, 0.2) is 47.4 Å². The third-order valence-corrected chi connectivity index (χ3v) is 4.36. The Kier molecular flexibility index (Phi) is 5.87. The van der Waals surface area contributed by atoms with Gasteiger partial charge in [0, 0.05) is 34.2 Å². The lowest BCUT2D eigenvalue weighted by Gasteiger charge is -2.09. The topological polar surface area (TPSA) is 58.2 Å². The zero-order chi connectivity index (χ0) is 16.8. The Morgan fingerprint density at radius 2 is 1.87 bits per heavy atom. The Morgan fingerprint density at radius 3 is 2.48 bits per heavy atom. The summed E-state index contributed by atoms with van der Waals surface area (Å²) < 4.78 is 24.3. The average molecular weight is 334 g/mol. The van der Waals surface area contributed by atoms with Gasteiger partial charge in [-0.2, -0.15) is 0 Å². The summed E-state index contributed by atoms with van der Waals surface area (Å²) in [5, 5.41) is 5.46. The summed E-state index contributed by atoms with van der Waals surface area (Å²) in [5.41, 5.74) is 2.51. The van der Waals surface area contributed by atoms with Crippen LogP contribution < -0.4 is 10.6 Å². The molecule has 0 radical (unpaired) electrons. The van der Waals surface area contributed by atoms with Crippen molar-refractivity contribution in [2.45, 2.75) is 18.2 Å². The molecule has 2 rings (SSSR count). The highest BCUT2D eigenvalue weighted by atomic mass is 32.2. The summed E-state index contributed by atoms with van der Waals surface area (Å²) in [6.07, 6.45) is 2.24. The van der Waals surface area contributed by atoms with Crippen LogP contribution in [-0.2, 0) is 17.2 Å². The van der Waals surface area contributed by atoms with Crippen molar-refractivity contribution < 1.29 is 13.4 Å². The van der Waals surface area contributed by atoms with Crippen molar-refractivity contribution in [3.05, 3.63) is 59.4 Å². The first-order valence-corrected chi connectivity index (χ1v) is 8.75. The lowest BCUT2D eigenvalue weighted by atomic mass is 10.1. The largest absolute Gasteiger partial charge is 0.338 e. The fraction of sp³-hybridized carbons (Fsp3) is 0.235. The second kappa shape index (κ2) is 7.87. The minimum atomic E-state index is -1.03. The first-order chi connectivity index (χ1) is 11.0. The van der Waals surface area contributed by atoms with E-state index in [1.807, 2.05) is 6.92 Å². The first kappa shape index (κ1) is 17.1. The SMILES string of the molecule is Cc1cc(F)ccc1CCNC(=O)Nc1ccc([S@](C)=O)cc1. The molecule has 0 unspecified atom stereocenters. The van der Waals surface area contributed by atoms with E-state index in [0.717, 1.165) is 11.1 Å². The second-order valence-corrected chi connectivity index (χ2v) is 6.56. The number of nitrogens with one attached hydrogen (secondary N) is 2. The van der Waals surface area contributed by atoms with Gasteiger partial charge in [0.1, 0.15) is 5.82 Å². The highest BCUT2D eigenvalue weighted by Crippen LogP contribution is 2.12. The number of aryl methyl sites for hydroxylation is 1. The summed E-state index contributed by atoms with van der Waals surface area (Å²) in [6.45, 7) is 2.30. The van der Waals surface area contributed by atoms with E-state index in [1.54, 1.807) is 36.6 Å². The highest BCUT2D eigenvalue weighted by Gasteiger charge is 2.04. The number of carbonyl (C=O) groups is 1. The molecule has 23 heavy (non-hydrogen) atoms. The Hall–Kier alpha value is -2.21. The monoisotopic (exact) mass is 334 g/mol. The fourth-order valence-electron chi connectivity index (χ4n) is 2.16. The molecule has 0 fully saturated rings. The normalized spacial score (nSPS) is 11.8. The number of amides is 2. The number of benzene rings is 2. The highest BCUT2D eigenvalue weighted by molar-refractivity contribution is 7.84. The van der Waals surface area contributed by atoms with Gasteiger partial charge in [0.25, 0.3) is 0 Å². The Labute approximate surface area is 137 Å².